The smallest absolute Gasteiger partial charge is 0.246 e. The third-order valence-corrected chi connectivity index (χ3v) is 5.59. The zero-order valence-corrected chi connectivity index (χ0v) is 19.7. The van der Waals surface area contributed by atoms with Gasteiger partial charge in [-0.3, -0.25) is 19.3 Å². The van der Waals surface area contributed by atoms with Crippen molar-refractivity contribution in [1.29, 1.82) is 0 Å². The molecule has 0 aliphatic carbocycles. The first-order chi connectivity index (χ1) is 15.8. The molecule has 0 radical (unpaired) electrons. The molecule has 3 aromatic carbocycles. The third kappa shape index (κ3) is 6.42. The standard InChI is InChI=1S/C25H23Cl2N3O3/c1-16(31)18-10-6-11-19(14-18)28-25(33)24(17-8-4-3-5-9-17)30(2)15-22(32)29-23-20(26)12-7-13-21(23)27/h3-14,24H,15H2,1-2H3,(H,28,33)(H,29,32). The van der Waals surface area contributed by atoms with Crippen LogP contribution in [0.25, 0.3) is 0 Å². The molecular formula is C25H23Cl2N3O3. The molecule has 0 bridgehead atoms. The number of carbonyl (C=O) groups is 3. The van der Waals surface area contributed by atoms with E-state index in [9.17, 15) is 14.4 Å². The van der Waals surface area contributed by atoms with Crippen molar-refractivity contribution in [1.82, 2.24) is 4.90 Å². The molecule has 170 valence electrons. The van der Waals surface area contributed by atoms with Crippen LogP contribution in [-0.4, -0.2) is 36.1 Å². The minimum absolute atomic E-state index is 0.0952. The summed E-state index contributed by atoms with van der Waals surface area (Å²) in [5.41, 5.74) is 2.02. The first-order valence-corrected chi connectivity index (χ1v) is 10.9. The second kappa shape index (κ2) is 11.1. The Hall–Kier alpha value is -3.19. The lowest BCUT2D eigenvalue weighted by molar-refractivity contribution is -0.123. The quantitative estimate of drug-likeness (QED) is 0.417. The Balaban J connectivity index is 1.80. The molecule has 6 nitrogen and oxygen atoms in total. The Morgan fingerprint density at radius 2 is 1.52 bits per heavy atom. The van der Waals surface area contributed by atoms with E-state index in [-0.39, 0.29) is 24.1 Å². The van der Waals surface area contributed by atoms with E-state index in [0.717, 1.165) is 0 Å². The lowest BCUT2D eigenvalue weighted by atomic mass is 10.0. The van der Waals surface area contributed by atoms with Crippen molar-refractivity contribution in [2.45, 2.75) is 13.0 Å². The number of ketones is 1. The average Bonchev–Trinajstić information content (AvgIpc) is 2.77. The molecule has 33 heavy (non-hydrogen) atoms. The topological polar surface area (TPSA) is 78.5 Å². The van der Waals surface area contributed by atoms with Crippen LogP contribution in [0.15, 0.2) is 72.8 Å². The fourth-order valence-corrected chi connectivity index (χ4v) is 3.87. The van der Waals surface area contributed by atoms with Crippen molar-refractivity contribution in [2.24, 2.45) is 0 Å². The Morgan fingerprint density at radius 1 is 0.879 bits per heavy atom. The van der Waals surface area contributed by atoms with Gasteiger partial charge in [0, 0.05) is 11.3 Å². The largest absolute Gasteiger partial charge is 0.324 e. The molecule has 0 fully saturated rings. The van der Waals surface area contributed by atoms with Crippen LogP contribution in [0.1, 0.15) is 28.9 Å². The molecule has 2 N–H and O–H groups in total. The number of anilines is 2. The van der Waals surface area contributed by atoms with Gasteiger partial charge in [-0.1, -0.05) is 71.7 Å². The predicted octanol–water partition coefficient (Wildman–Crippen LogP) is 5.45. The first-order valence-electron chi connectivity index (χ1n) is 10.2. The number of Topliss-reactive ketones (excluding diaryl/α,β-unsaturated/α-hetero) is 1. The summed E-state index contributed by atoms with van der Waals surface area (Å²) in [5.74, 6) is -0.814. The Morgan fingerprint density at radius 3 is 2.15 bits per heavy atom. The maximum atomic E-state index is 13.3. The summed E-state index contributed by atoms with van der Waals surface area (Å²) < 4.78 is 0. The van der Waals surface area contributed by atoms with Gasteiger partial charge in [0.05, 0.1) is 22.3 Å². The van der Waals surface area contributed by atoms with Crippen LogP contribution in [0, 0.1) is 0 Å². The second-order valence-corrected chi connectivity index (χ2v) is 8.31. The number of halogens is 2. The van der Waals surface area contributed by atoms with Crippen LogP contribution in [0.2, 0.25) is 10.0 Å². The van der Waals surface area contributed by atoms with Gasteiger partial charge in [-0.15, -0.1) is 0 Å². The molecule has 2 amide bonds. The van der Waals surface area contributed by atoms with Gasteiger partial charge in [0.25, 0.3) is 0 Å². The molecule has 3 rings (SSSR count). The summed E-state index contributed by atoms with van der Waals surface area (Å²) in [6.07, 6.45) is 0. The molecule has 1 atom stereocenters. The predicted molar refractivity (Wildman–Crippen MR) is 132 cm³/mol. The van der Waals surface area contributed by atoms with Gasteiger partial charge in [0.15, 0.2) is 5.78 Å². The second-order valence-electron chi connectivity index (χ2n) is 7.50. The molecule has 0 heterocycles. The van der Waals surface area contributed by atoms with Crippen molar-refractivity contribution >= 4 is 52.2 Å². The van der Waals surface area contributed by atoms with Crippen molar-refractivity contribution in [2.75, 3.05) is 24.2 Å². The Labute approximate surface area is 202 Å². The molecule has 1 unspecified atom stereocenters. The SMILES string of the molecule is CC(=O)c1cccc(NC(=O)C(c2ccccc2)N(C)CC(=O)Nc2c(Cl)cccc2Cl)c1. The van der Waals surface area contributed by atoms with E-state index < -0.39 is 6.04 Å². The van der Waals surface area contributed by atoms with Crippen LogP contribution >= 0.6 is 23.2 Å². The number of rotatable bonds is 8. The minimum atomic E-state index is -0.764. The summed E-state index contributed by atoms with van der Waals surface area (Å²) in [6, 6.07) is 20.0. The van der Waals surface area contributed by atoms with Crippen molar-refractivity contribution < 1.29 is 14.4 Å². The van der Waals surface area contributed by atoms with Gasteiger partial charge in [0.1, 0.15) is 6.04 Å². The van der Waals surface area contributed by atoms with Gasteiger partial charge >= 0.3 is 0 Å². The monoisotopic (exact) mass is 483 g/mol. The summed E-state index contributed by atoms with van der Waals surface area (Å²) in [7, 11) is 1.68. The summed E-state index contributed by atoms with van der Waals surface area (Å²) in [5, 5.41) is 6.20. The molecule has 0 spiro atoms. The summed E-state index contributed by atoms with van der Waals surface area (Å²) in [4.78, 5) is 39.3. The highest BCUT2D eigenvalue weighted by atomic mass is 35.5. The minimum Gasteiger partial charge on any atom is -0.324 e. The summed E-state index contributed by atoms with van der Waals surface area (Å²) >= 11 is 12.3. The highest BCUT2D eigenvalue weighted by Crippen LogP contribution is 2.30. The first kappa shape index (κ1) is 24.5. The molecule has 3 aromatic rings. The molecule has 0 aromatic heterocycles. The average molecular weight is 484 g/mol. The van der Waals surface area contributed by atoms with E-state index in [2.05, 4.69) is 10.6 Å². The van der Waals surface area contributed by atoms with E-state index in [1.807, 2.05) is 30.3 Å². The van der Waals surface area contributed by atoms with Crippen molar-refractivity contribution in [3.63, 3.8) is 0 Å². The zero-order valence-electron chi connectivity index (χ0n) is 18.1. The zero-order chi connectivity index (χ0) is 24.0. The number of para-hydroxylation sites is 1. The van der Waals surface area contributed by atoms with Gasteiger partial charge in [-0.2, -0.15) is 0 Å². The fraction of sp³-hybridized carbons (Fsp3) is 0.160. The van der Waals surface area contributed by atoms with E-state index >= 15 is 0 Å². The number of nitrogens with one attached hydrogen (secondary N) is 2. The Bertz CT molecular complexity index is 1150. The number of likely N-dealkylation sites (N-methyl/N-ethyl adjacent to an activating group) is 1. The fourth-order valence-electron chi connectivity index (χ4n) is 3.38. The van der Waals surface area contributed by atoms with Crippen LogP contribution in [0.5, 0.6) is 0 Å². The van der Waals surface area contributed by atoms with Crippen LogP contribution in [0.4, 0.5) is 11.4 Å². The number of nitrogens with zero attached hydrogens (tertiary/aromatic N) is 1. The number of amides is 2. The molecule has 0 aliphatic rings. The maximum Gasteiger partial charge on any atom is 0.246 e. The van der Waals surface area contributed by atoms with Gasteiger partial charge < -0.3 is 10.6 Å². The molecule has 0 aliphatic heterocycles. The summed E-state index contributed by atoms with van der Waals surface area (Å²) in [6.45, 7) is 1.37. The van der Waals surface area contributed by atoms with Crippen LogP contribution in [0.3, 0.4) is 0 Å². The van der Waals surface area contributed by atoms with Gasteiger partial charge in [-0.25, -0.2) is 0 Å². The lowest BCUT2D eigenvalue weighted by Crippen LogP contribution is -2.39. The van der Waals surface area contributed by atoms with E-state index in [1.54, 1.807) is 54.4 Å². The van der Waals surface area contributed by atoms with E-state index in [4.69, 9.17) is 23.2 Å². The normalized spacial score (nSPS) is 11.7. The molecule has 8 heteroatoms. The van der Waals surface area contributed by atoms with Crippen LogP contribution in [-0.2, 0) is 9.59 Å². The molecular weight excluding hydrogens is 461 g/mol. The van der Waals surface area contributed by atoms with Gasteiger partial charge in [0.2, 0.25) is 11.8 Å². The van der Waals surface area contributed by atoms with Crippen molar-refractivity contribution in [3.05, 3.63) is 94.0 Å². The number of carbonyl (C=O) groups excluding carboxylic acids is 3. The highest BCUT2D eigenvalue weighted by molar-refractivity contribution is 6.39. The maximum absolute atomic E-state index is 13.3. The van der Waals surface area contributed by atoms with Crippen molar-refractivity contribution in [3.8, 4) is 0 Å². The number of hydrogen-bond donors (Lipinski definition) is 2. The third-order valence-electron chi connectivity index (χ3n) is 4.96. The number of hydrogen-bond acceptors (Lipinski definition) is 4. The van der Waals surface area contributed by atoms with E-state index in [0.29, 0.717) is 32.5 Å². The van der Waals surface area contributed by atoms with Gasteiger partial charge in [-0.05, 0) is 43.8 Å². The highest BCUT2D eigenvalue weighted by Gasteiger charge is 2.27. The van der Waals surface area contributed by atoms with Crippen LogP contribution < -0.4 is 10.6 Å². The lowest BCUT2D eigenvalue weighted by Gasteiger charge is -2.27. The Kier molecular flexibility index (Phi) is 8.22. The number of benzene rings is 3. The molecule has 0 saturated heterocycles. The molecule has 0 saturated carbocycles. The van der Waals surface area contributed by atoms with E-state index in [1.165, 1.54) is 6.92 Å².